The third-order valence-corrected chi connectivity index (χ3v) is 4.05. The maximum absolute atomic E-state index is 4.52. The molecule has 1 N–H and O–H groups in total. The Balaban J connectivity index is 1.83. The van der Waals surface area contributed by atoms with Gasteiger partial charge in [-0.1, -0.05) is 41.7 Å². The number of thiazole rings is 1. The molecule has 0 bridgehead atoms. The first-order chi connectivity index (χ1) is 8.43. The number of hydrogen-bond donors (Lipinski definition) is 1. The largest absolute Gasteiger partial charge is 0.360 e. The van der Waals surface area contributed by atoms with Crippen LogP contribution in [0.5, 0.6) is 0 Å². The number of hydrogen-bond acceptors (Lipinski definition) is 4. The molecular formula is C13H15N3S. The van der Waals surface area contributed by atoms with Crippen LogP contribution in [-0.2, 0) is 0 Å². The summed E-state index contributed by atoms with van der Waals surface area (Å²) in [4.78, 5) is 6.92. The van der Waals surface area contributed by atoms with Gasteiger partial charge in [-0.2, -0.15) is 0 Å². The monoisotopic (exact) mass is 245 g/mol. The molecule has 1 aromatic carbocycles. The van der Waals surface area contributed by atoms with Gasteiger partial charge in [0.25, 0.3) is 0 Å². The molecule has 0 aliphatic carbocycles. The summed E-state index contributed by atoms with van der Waals surface area (Å²) in [7, 11) is 0. The lowest BCUT2D eigenvalue weighted by Crippen LogP contribution is -2.43. The summed E-state index contributed by atoms with van der Waals surface area (Å²) in [5.41, 5.74) is 1.21. The zero-order valence-electron chi connectivity index (χ0n) is 9.60. The molecule has 3 nitrogen and oxygen atoms in total. The summed E-state index contributed by atoms with van der Waals surface area (Å²) in [6, 6.07) is 10.4. The third kappa shape index (κ3) is 2.33. The van der Waals surface area contributed by atoms with Gasteiger partial charge in [-0.15, -0.1) is 0 Å². The van der Waals surface area contributed by atoms with Gasteiger partial charge in [0.1, 0.15) is 10.0 Å². The van der Waals surface area contributed by atoms with Crippen LogP contribution in [0.2, 0.25) is 0 Å². The molecule has 0 amide bonds. The topological polar surface area (TPSA) is 28.2 Å². The molecule has 3 rings (SSSR count). The highest BCUT2D eigenvalue weighted by atomic mass is 32.1. The van der Waals surface area contributed by atoms with Crippen LogP contribution in [0.1, 0.15) is 0 Å². The van der Waals surface area contributed by atoms with E-state index in [1.807, 2.05) is 12.3 Å². The number of benzene rings is 1. The lowest BCUT2D eigenvalue weighted by molar-refractivity contribution is 0.591. The summed E-state index contributed by atoms with van der Waals surface area (Å²) >= 11 is 1.78. The molecule has 88 valence electrons. The minimum atomic E-state index is 1.07. The second-order valence-corrected chi connectivity index (χ2v) is 5.12. The highest BCUT2D eigenvalue weighted by molar-refractivity contribution is 7.18. The predicted octanol–water partition coefficient (Wildman–Crippen LogP) is 2.22. The van der Waals surface area contributed by atoms with Crippen molar-refractivity contribution in [3.05, 3.63) is 36.5 Å². The van der Waals surface area contributed by atoms with E-state index in [4.69, 9.17) is 0 Å². The van der Waals surface area contributed by atoms with E-state index in [-0.39, 0.29) is 0 Å². The van der Waals surface area contributed by atoms with Gasteiger partial charge in [-0.05, 0) is 0 Å². The summed E-state index contributed by atoms with van der Waals surface area (Å²) in [6.45, 7) is 4.30. The summed E-state index contributed by atoms with van der Waals surface area (Å²) < 4.78 is 0. The molecule has 0 radical (unpaired) electrons. The van der Waals surface area contributed by atoms with Gasteiger partial charge < -0.3 is 10.2 Å². The van der Waals surface area contributed by atoms with E-state index in [2.05, 4.69) is 39.5 Å². The molecular weight excluding hydrogens is 230 g/mol. The van der Waals surface area contributed by atoms with E-state index < -0.39 is 0 Å². The molecule has 0 spiro atoms. The van der Waals surface area contributed by atoms with E-state index >= 15 is 0 Å². The van der Waals surface area contributed by atoms with Crippen LogP contribution in [0.4, 0.5) is 5.00 Å². The van der Waals surface area contributed by atoms with Gasteiger partial charge in [0.2, 0.25) is 0 Å². The van der Waals surface area contributed by atoms with Gasteiger partial charge in [0.15, 0.2) is 0 Å². The van der Waals surface area contributed by atoms with Gasteiger partial charge in [0, 0.05) is 31.7 Å². The lowest BCUT2D eigenvalue weighted by Gasteiger charge is -2.27. The Kier molecular flexibility index (Phi) is 3.07. The van der Waals surface area contributed by atoms with Crippen molar-refractivity contribution in [1.82, 2.24) is 10.3 Å². The summed E-state index contributed by atoms with van der Waals surface area (Å²) in [5.74, 6) is 0. The minimum absolute atomic E-state index is 1.07. The number of rotatable bonds is 2. The van der Waals surface area contributed by atoms with Crippen molar-refractivity contribution in [2.75, 3.05) is 31.1 Å². The van der Waals surface area contributed by atoms with Crippen LogP contribution in [0.3, 0.4) is 0 Å². The number of piperazine rings is 1. The van der Waals surface area contributed by atoms with Crippen LogP contribution < -0.4 is 10.2 Å². The predicted molar refractivity (Wildman–Crippen MR) is 72.6 cm³/mol. The summed E-state index contributed by atoms with van der Waals surface area (Å²) in [5, 5.41) is 5.76. The molecule has 1 saturated heterocycles. The van der Waals surface area contributed by atoms with Crippen LogP contribution in [0.25, 0.3) is 10.6 Å². The number of nitrogens with zero attached hydrogens (tertiary/aromatic N) is 2. The summed E-state index contributed by atoms with van der Waals surface area (Å²) in [6.07, 6.45) is 2.00. The molecule has 1 aliphatic rings. The number of nitrogens with one attached hydrogen (secondary N) is 1. The molecule has 0 unspecified atom stereocenters. The van der Waals surface area contributed by atoms with Crippen molar-refractivity contribution in [3.8, 4) is 10.6 Å². The Bertz CT molecular complexity index is 474. The number of aromatic nitrogens is 1. The fourth-order valence-corrected chi connectivity index (χ4v) is 2.99. The van der Waals surface area contributed by atoms with Gasteiger partial charge in [-0.25, -0.2) is 4.98 Å². The normalized spacial score (nSPS) is 16.1. The van der Waals surface area contributed by atoms with E-state index in [1.165, 1.54) is 10.6 Å². The standard InChI is InChI=1S/C13H15N3S/c1-2-4-11(5-3-1)13-15-10-12(17-13)16-8-6-14-7-9-16/h1-5,10,14H,6-9H2. The highest BCUT2D eigenvalue weighted by Crippen LogP contribution is 2.30. The SMILES string of the molecule is c1ccc(-c2ncc(N3CCNCC3)s2)cc1. The van der Waals surface area contributed by atoms with E-state index in [9.17, 15) is 0 Å². The second kappa shape index (κ2) is 4.85. The van der Waals surface area contributed by atoms with Crippen molar-refractivity contribution in [2.24, 2.45) is 0 Å². The molecule has 1 aliphatic heterocycles. The van der Waals surface area contributed by atoms with Crippen LogP contribution in [0, 0.1) is 0 Å². The molecule has 17 heavy (non-hydrogen) atoms. The highest BCUT2D eigenvalue weighted by Gasteiger charge is 2.13. The first-order valence-corrected chi connectivity index (χ1v) is 6.72. The van der Waals surface area contributed by atoms with Crippen molar-refractivity contribution in [3.63, 3.8) is 0 Å². The Morgan fingerprint density at radius 2 is 1.88 bits per heavy atom. The molecule has 0 atom stereocenters. The molecule has 4 heteroatoms. The maximum atomic E-state index is 4.52. The molecule has 0 saturated carbocycles. The zero-order chi connectivity index (χ0) is 11.5. The smallest absolute Gasteiger partial charge is 0.125 e. The van der Waals surface area contributed by atoms with E-state index in [0.717, 1.165) is 31.2 Å². The van der Waals surface area contributed by atoms with E-state index in [1.54, 1.807) is 11.3 Å². The Morgan fingerprint density at radius 3 is 2.65 bits per heavy atom. The zero-order valence-corrected chi connectivity index (χ0v) is 10.4. The lowest BCUT2D eigenvalue weighted by atomic mass is 10.2. The van der Waals surface area contributed by atoms with Crippen molar-refractivity contribution in [1.29, 1.82) is 0 Å². The van der Waals surface area contributed by atoms with Crippen LogP contribution in [-0.4, -0.2) is 31.2 Å². The van der Waals surface area contributed by atoms with Crippen LogP contribution in [0.15, 0.2) is 36.5 Å². The Morgan fingerprint density at radius 1 is 1.12 bits per heavy atom. The van der Waals surface area contributed by atoms with E-state index in [0.29, 0.717) is 0 Å². The Hall–Kier alpha value is -1.39. The maximum Gasteiger partial charge on any atom is 0.125 e. The molecule has 2 heterocycles. The molecule has 1 fully saturated rings. The Labute approximate surface area is 105 Å². The fourth-order valence-electron chi connectivity index (χ4n) is 2.01. The first-order valence-electron chi connectivity index (χ1n) is 5.90. The van der Waals surface area contributed by atoms with Crippen LogP contribution >= 0.6 is 11.3 Å². The van der Waals surface area contributed by atoms with Gasteiger partial charge in [-0.3, -0.25) is 0 Å². The van der Waals surface area contributed by atoms with Gasteiger partial charge >= 0.3 is 0 Å². The quantitative estimate of drug-likeness (QED) is 0.879. The van der Waals surface area contributed by atoms with Crippen molar-refractivity contribution in [2.45, 2.75) is 0 Å². The second-order valence-electron chi connectivity index (χ2n) is 4.11. The van der Waals surface area contributed by atoms with Gasteiger partial charge in [0.05, 0.1) is 6.20 Å². The van der Waals surface area contributed by atoms with Crippen molar-refractivity contribution >= 4 is 16.3 Å². The fraction of sp³-hybridized carbons (Fsp3) is 0.308. The average molecular weight is 245 g/mol. The first kappa shape index (κ1) is 10.7. The molecule has 1 aromatic heterocycles. The molecule has 2 aromatic rings. The minimum Gasteiger partial charge on any atom is -0.360 e. The average Bonchev–Trinajstić information content (AvgIpc) is 2.90. The van der Waals surface area contributed by atoms with Crippen molar-refractivity contribution < 1.29 is 0 Å². The number of anilines is 1. The third-order valence-electron chi connectivity index (χ3n) is 2.94.